The second-order valence-electron chi connectivity index (χ2n) is 7.21. The van der Waals surface area contributed by atoms with E-state index in [-0.39, 0.29) is 5.91 Å². The number of benzene rings is 2. The van der Waals surface area contributed by atoms with E-state index in [2.05, 4.69) is 42.6 Å². The minimum Gasteiger partial charge on any atom is -0.355 e. The SMILES string of the molecule is CNC(=O)c1cccc(Nc2ncnc(N3CCC(c4ccc(Cl)cc4)CC3)n2)c1. The number of carbonyl (C=O) groups is 1. The van der Waals surface area contributed by atoms with E-state index < -0.39 is 0 Å². The first kappa shape index (κ1) is 20.1. The summed E-state index contributed by atoms with van der Waals surface area (Å²) in [6.07, 6.45) is 3.58. The van der Waals surface area contributed by atoms with E-state index in [1.165, 1.54) is 11.9 Å². The van der Waals surface area contributed by atoms with Crippen molar-refractivity contribution in [1.82, 2.24) is 20.3 Å². The molecule has 0 unspecified atom stereocenters. The fourth-order valence-corrected chi connectivity index (χ4v) is 3.79. The Morgan fingerprint density at radius 2 is 1.87 bits per heavy atom. The molecule has 3 aromatic rings. The maximum Gasteiger partial charge on any atom is 0.251 e. The number of carbonyl (C=O) groups excluding carboxylic acids is 1. The number of hydrogen-bond acceptors (Lipinski definition) is 6. The molecule has 1 aromatic heterocycles. The van der Waals surface area contributed by atoms with Crippen LogP contribution in [0, 0.1) is 0 Å². The molecule has 1 amide bonds. The lowest BCUT2D eigenvalue weighted by molar-refractivity contribution is 0.0963. The molecule has 8 heteroatoms. The first-order valence-corrected chi connectivity index (χ1v) is 10.3. The number of halogens is 1. The van der Waals surface area contributed by atoms with Crippen LogP contribution in [0.4, 0.5) is 17.6 Å². The Hall–Kier alpha value is -3.19. The number of nitrogens with one attached hydrogen (secondary N) is 2. The van der Waals surface area contributed by atoms with Gasteiger partial charge in [-0.2, -0.15) is 4.98 Å². The highest BCUT2D eigenvalue weighted by molar-refractivity contribution is 6.30. The van der Waals surface area contributed by atoms with E-state index in [4.69, 9.17) is 11.6 Å². The van der Waals surface area contributed by atoms with Gasteiger partial charge in [-0.15, -0.1) is 0 Å². The van der Waals surface area contributed by atoms with Crippen LogP contribution in [-0.2, 0) is 0 Å². The molecule has 0 spiro atoms. The van der Waals surface area contributed by atoms with Crippen LogP contribution in [0.3, 0.4) is 0 Å². The van der Waals surface area contributed by atoms with Crippen molar-refractivity contribution in [3.05, 3.63) is 71.0 Å². The zero-order chi connectivity index (χ0) is 20.9. The number of nitrogens with zero attached hydrogens (tertiary/aromatic N) is 4. The molecule has 0 aliphatic carbocycles. The Kier molecular flexibility index (Phi) is 6.09. The van der Waals surface area contributed by atoms with Gasteiger partial charge >= 0.3 is 0 Å². The first-order chi connectivity index (χ1) is 14.6. The van der Waals surface area contributed by atoms with Gasteiger partial charge in [-0.1, -0.05) is 29.8 Å². The molecule has 30 heavy (non-hydrogen) atoms. The lowest BCUT2D eigenvalue weighted by Crippen LogP contribution is -2.34. The van der Waals surface area contributed by atoms with Crippen molar-refractivity contribution in [2.24, 2.45) is 0 Å². The monoisotopic (exact) mass is 422 g/mol. The summed E-state index contributed by atoms with van der Waals surface area (Å²) >= 11 is 6.00. The topological polar surface area (TPSA) is 83.0 Å². The Morgan fingerprint density at radius 1 is 1.10 bits per heavy atom. The number of rotatable bonds is 5. The van der Waals surface area contributed by atoms with Crippen molar-refractivity contribution in [2.45, 2.75) is 18.8 Å². The molecule has 0 atom stereocenters. The highest BCUT2D eigenvalue weighted by atomic mass is 35.5. The highest BCUT2D eigenvalue weighted by Crippen LogP contribution is 2.30. The second kappa shape index (κ2) is 9.09. The third kappa shape index (κ3) is 4.68. The molecule has 1 aliphatic rings. The quantitative estimate of drug-likeness (QED) is 0.646. The predicted molar refractivity (Wildman–Crippen MR) is 119 cm³/mol. The summed E-state index contributed by atoms with van der Waals surface area (Å²) in [5, 5.41) is 6.55. The van der Waals surface area contributed by atoms with Crippen molar-refractivity contribution < 1.29 is 4.79 Å². The summed E-state index contributed by atoms with van der Waals surface area (Å²) < 4.78 is 0. The van der Waals surface area contributed by atoms with Gasteiger partial charge in [0.2, 0.25) is 11.9 Å². The minimum atomic E-state index is -0.140. The van der Waals surface area contributed by atoms with Gasteiger partial charge < -0.3 is 15.5 Å². The second-order valence-corrected chi connectivity index (χ2v) is 7.64. The van der Waals surface area contributed by atoms with Gasteiger partial charge in [-0.3, -0.25) is 4.79 Å². The maximum absolute atomic E-state index is 11.8. The van der Waals surface area contributed by atoms with Gasteiger partial charge in [-0.25, -0.2) is 9.97 Å². The molecule has 0 saturated carbocycles. The fourth-order valence-electron chi connectivity index (χ4n) is 3.66. The first-order valence-electron chi connectivity index (χ1n) is 9.91. The van der Waals surface area contributed by atoms with Gasteiger partial charge in [0.25, 0.3) is 5.91 Å². The van der Waals surface area contributed by atoms with E-state index in [1.807, 2.05) is 24.3 Å². The number of amides is 1. The Morgan fingerprint density at radius 3 is 2.60 bits per heavy atom. The van der Waals surface area contributed by atoms with Crippen LogP contribution in [0.15, 0.2) is 54.9 Å². The molecule has 0 radical (unpaired) electrons. The highest BCUT2D eigenvalue weighted by Gasteiger charge is 2.22. The minimum absolute atomic E-state index is 0.140. The Balaban J connectivity index is 1.42. The van der Waals surface area contributed by atoms with Gasteiger partial charge in [0, 0.05) is 36.4 Å². The summed E-state index contributed by atoms with van der Waals surface area (Å²) in [4.78, 5) is 27.2. The van der Waals surface area contributed by atoms with Gasteiger partial charge in [0.15, 0.2) is 0 Å². The van der Waals surface area contributed by atoms with Crippen molar-refractivity contribution in [1.29, 1.82) is 0 Å². The van der Waals surface area contributed by atoms with Crippen LogP contribution in [0.25, 0.3) is 0 Å². The zero-order valence-electron chi connectivity index (χ0n) is 16.7. The third-order valence-corrected chi connectivity index (χ3v) is 5.54. The van der Waals surface area contributed by atoms with E-state index in [9.17, 15) is 4.79 Å². The third-order valence-electron chi connectivity index (χ3n) is 5.29. The number of hydrogen-bond donors (Lipinski definition) is 2. The average molecular weight is 423 g/mol. The summed E-state index contributed by atoms with van der Waals surface area (Å²) in [6.45, 7) is 1.76. The smallest absolute Gasteiger partial charge is 0.251 e. The molecule has 2 N–H and O–H groups in total. The molecule has 2 aromatic carbocycles. The molecular weight excluding hydrogens is 400 g/mol. The van der Waals surface area contributed by atoms with Crippen LogP contribution in [0.5, 0.6) is 0 Å². The largest absolute Gasteiger partial charge is 0.355 e. The van der Waals surface area contributed by atoms with Crippen molar-refractivity contribution >= 4 is 35.1 Å². The van der Waals surface area contributed by atoms with Crippen LogP contribution in [-0.4, -0.2) is 41.0 Å². The number of anilines is 3. The Labute approximate surface area is 180 Å². The number of piperidine rings is 1. The molecule has 154 valence electrons. The fraction of sp³-hybridized carbons (Fsp3) is 0.273. The molecule has 1 saturated heterocycles. The molecular formula is C22H23ClN6O. The Bertz CT molecular complexity index is 1020. The zero-order valence-corrected chi connectivity index (χ0v) is 17.4. The van der Waals surface area contributed by atoms with Crippen LogP contribution in [0.1, 0.15) is 34.7 Å². The van der Waals surface area contributed by atoms with Crippen LogP contribution in [0.2, 0.25) is 5.02 Å². The average Bonchev–Trinajstić information content (AvgIpc) is 2.79. The molecule has 4 rings (SSSR count). The summed E-state index contributed by atoms with van der Waals surface area (Å²) in [6, 6.07) is 15.3. The van der Waals surface area contributed by atoms with E-state index in [0.717, 1.165) is 36.6 Å². The maximum atomic E-state index is 11.8. The van der Waals surface area contributed by atoms with Gasteiger partial charge in [0.05, 0.1) is 0 Å². The van der Waals surface area contributed by atoms with Crippen molar-refractivity contribution in [3.63, 3.8) is 0 Å². The lowest BCUT2D eigenvalue weighted by atomic mass is 9.90. The molecule has 1 aliphatic heterocycles. The van der Waals surface area contributed by atoms with Crippen LogP contribution < -0.4 is 15.5 Å². The van der Waals surface area contributed by atoms with Crippen molar-refractivity contribution in [3.8, 4) is 0 Å². The summed E-state index contributed by atoms with van der Waals surface area (Å²) in [5.74, 6) is 1.49. The summed E-state index contributed by atoms with van der Waals surface area (Å²) in [5.41, 5.74) is 2.64. The predicted octanol–water partition coefficient (Wildman–Crippen LogP) is 4.01. The van der Waals surface area contributed by atoms with Crippen LogP contribution >= 0.6 is 11.6 Å². The van der Waals surface area contributed by atoms with E-state index >= 15 is 0 Å². The summed E-state index contributed by atoms with van der Waals surface area (Å²) in [7, 11) is 1.61. The van der Waals surface area contributed by atoms with E-state index in [0.29, 0.717) is 23.4 Å². The molecule has 7 nitrogen and oxygen atoms in total. The lowest BCUT2D eigenvalue weighted by Gasteiger charge is -2.32. The normalized spacial score (nSPS) is 14.4. The van der Waals surface area contributed by atoms with Crippen molar-refractivity contribution in [2.75, 3.05) is 30.4 Å². The van der Waals surface area contributed by atoms with E-state index in [1.54, 1.807) is 19.2 Å². The van der Waals surface area contributed by atoms with Gasteiger partial charge in [-0.05, 0) is 54.7 Å². The van der Waals surface area contributed by atoms with Gasteiger partial charge in [0.1, 0.15) is 6.33 Å². The number of aromatic nitrogens is 3. The molecule has 1 fully saturated rings. The molecule has 2 heterocycles. The molecule has 0 bridgehead atoms. The standard InChI is InChI=1S/C22H23ClN6O/c1-24-20(30)17-3-2-4-19(13-17)27-21-25-14-26-22(28-21)29-11-9-16(10-12-29)15-5-7-18(23)8-6-15/h2-8,13-14,16H,9-12H2,1H3,(H,24,30)(H,25,26,27,28).